The van der Waals surface area contributed by atoms with Crippen molar-refractivity contribution >= 4 is 11.8 Å². The molecular formula is C17H24O2S. The van der Waals surface area contributed by atoms with E-state index in [1.54, 1.807) is 0 Å². The number of hydrogen-bond donors (Lipinski definition) is 1. The number of fused-ring (bicyclic) bond motifs is 2. The minimum Gasteiger partial charge on any atom is -0.390 e. The van der Waals surface area contributed by atoms with E-state index in [-0.39, 0.29) is 0 Å². The van der Waals surface area contributed by atoms with Gasteiger partial charge in [-0.2, -0.15) is 11.8 Å². The normalized spacial score (nSPS) is 33.0. The lowest BCUT2D eigenvalue weighted by atomic mass is 9.83. The second kappa shape index (κ2) is 6.50. The van der Waals surface area contributed by atoms with Crippen LogP contribution in [0.15, 0.2) is 30.3 Å². The van der Waals surface area contributed by atoms with Crippen molar-refractivity contribution in [2.45, 2.75) is 61.2 Å². The van der Waals surface area contributed by atoms with E-state index in [1.165, 1.54) is 24.8 Å². The Morgan fingerprint density at radius 2 is 1.85 bits per heavy atom. The molecule has 2 heterocycles. The van der Waals surface area contributed by atoms with Crippen LogP contribution in [0.5, 0.6) is 0 Å². The third kappa shape index (κ3) is 3.78. The summed E-state index contributed by atoms with van der Waals surface area (Å²) in [4.78, 5) is 0. The van der Waals surface area contributed by atoms with Crippen molar-refractivity contribution in [1.29, 1.82) is 0 Å². The third-order valence-electron chi connectivity index (χ3n) is 4.48. The molecule has 2 aliphatic heterocycles. The zero-order valence-corrected chi connectivity index (χ0v) is 12.8. The Morgan fingerprint density at radius 3 is 2.55 bits per heavy atom. The molecule has 2 bridgehead atoms. The van der Waals surface area contributed by atoms with E-state index in [1.807, 2.05) is 18.2 Å². The summed E-state index contributed by atoms with van der Waals surface area (Å²) in [6.45, 7) is 1.31. The van der Waals surface area contributed by atoms with Crippen LogP contribution in [0, 0.1) is 0 Å². The fraction of sp³-hybridized carbons (Fsp3) is 0.647. The van der Waals surface area contributed by atoms with E-state index in [4.69, 9.17) is 4.74 Å². The Bertz CT molecular complexity index is 408. The van der Waals surface area contributed by atoms with Gasteiger partial charge in [0.05, 0.1) is 12.2 Å². The van der Waals surface area contributed by atoms with Crippen molar-refractivity contribution in [3.05, 3.63) is 35.9 Å². The van der Waals surface area contributed by atoms with Gasteiger partial charge in [-0.3, -0.25) is 0 Å². The quantitative estimate of drug-likeness (QED) is 0.838. The zero-order chi connectivity index (χ0) is 13.8. The molecule has 1 aromatic carbocycles. The predicted molar refractivity (Wildman–Crippen MR) is 83.9 cm³/mol. The molecule has 20 heavy (non-hydrogen) atoms. The van der Waals surface area contributed by atoms with Crippen LogP contribution in [-0.4, -0.2) is 27.8 Å². The zero-order valence-electron chi connectivity index (χ0n) is 12.0. The molecule has 2 unspecified atom stereocenters. The first-order valence-corrected chi connectivity index (χ1v) is 8.67. The van der Waals surface area contributed by atoms with Gasteiger partial charge in [0, 0.05) is 17.1 Å². The highest BCUT2D eigenvalue weighted by atomic mass is 32.2. The Morgan fingerprint density at radius 1 is 1.15 bits per heavy atom. The minimum absolute atomic E-state index is 0.475. The molecule has 3 heteroatoms. The van der Waals surface area contributed by atoms with Gasteiger partial charge in [-0.25, -0.2) is 0 Å². The van der Waals surface area contributed by atoms with E-state index >= 15 is 0 Å². The first kappa shape index (κ1) is 14.4. The molecule has 0 aliphatic carbocycles. The van der Waals surface area contributed by atoms with Gasteiger partial charge >= 0.3 is 0 Å². The highest BCUT2D eigenvalue weighted by Gasteiger charge is 2.40. The fourth-order valence-corrected chi connectivity index (χ4v) is 5.41. The van der Waals surface area contributed by atoms with Crippen LogP contribution >= 0.6 is 11.8 Å². The fourth-order valence-electron chi connectivity index (χ4n) is 3.44. The van der Waals surface area contributed by atoms with E-state index in [9.17, 15) is 5.11 Å². The van der Waals surface area contributed by atoms with Crippen molar-refractivity contribution in [1.82, 2.24) is 0 Å². The molecule has 2 atom stereocenters. The smallest absolute Gasteiger partial charge is 0.0716 e. The van der Waals surface area contributed by atoms with E-state index in [0.29, 0.717) is 23.7 Å². The number of hydrogen-bond acceptors (Lipinski definition) is 3. The maximum Gasteiger partial charge on any atom is 0.0716 e. The van der Waals surface area contributed by atoms with E-state index in [0.717, 1.165) is 19.3 Å². The summed E-state index contributed by atoms with van der Waals surface area (Å²) in [5.41, 5.74) is 0.730. The van der Waals surface area contributed by atoms with Gasteiger partial charge < -0.3 is 9.84 Å². The number of rotatable bonds is 5. The van der Waals surface area contributed by atoms with Crippen LogP contribution in [0.2, 0.25) is 0 Å². The van der Waals surface area contributed by atoms with Crippen LogP contribution in [0.25, 0.3) is 0 Å². The van der Waals surface area contributed by atoms with Crippen molar-refractivity contribution in [3.63, 3.8) is 0 Å². The highest BCUT2D eigenvalue weighted by molar-refractivity contribution is 8.00. The summed E-state index contributed by atoms with van der Waals surface area (Å²) in [5.74, 6) is 0. The summed E-state index contributed by atoms with van der Waals surface area (Å²) in [6.07, 6.45) is 6.63. The molecule has 1 aromatic rings. The minimum atomic E-state index is -0.475. The first-order chi connectivity index (χ1) is 9.73. The highest BCUT2D eigenvalue weighted by Crippen LogP contribution is 2.46. The molecule has 2 fully saturated rings. The molecule has 0 spiro atoms. The maximum absolute atomic E-state index is 10.8. The molecule has 110 valence electrons. The maximum atomic E-state index is 10.8. The summed E-state index contributed by atoms with van der Waals surface area (Å²) >= 11 is 2.11. The summed E-state index contributed by atoms with van der Waals surface area (Å²) in [5, 5.41) is 12.1. The van der Waals surface area contributed by atoms with Crippen LogP contribution in [0.4, 0.5) is 0 Å². The average Bonchev–Trinajstić information content (AvgIpc) is 2.44. The van der Waals surface area contributed by atoms with Gasteiger partial charge in [0.25, 0.3) is 0 Å². The van der Waals surface area contributed by atoms with Crippen molar-refractivity contribution < 1.29 is 9.84 Å². The van der Waals surface area contributed by atoms with Crippen molar-refractivity contribution in [3.8, 4) is 0 Å². The second-order valence-corrected chi connectivity index (χ2v) is 7.84. The third-order valence-corrected chi connectivity index (χ3v) is 6.05. The van der Waals surface area contributed by atoms with Gasteiger partial charge in [0.15, 0.2) is 0 Å². The Balaban J connectivity index is 1.43. The van der Waals surface area contributed by atoms with Gasteiger partial charge in [-0.1, -0.05) is 36.8 Å². The molecule has 0 amide bonds. The van der Waals surface area contributed by atoms with Gasteiger partial charge in [-0.15, -0.1) is 0 Å². The van der Waals surface area contributed by atoms with Crippen molar-refractivity contribution in [2.24, 2.45) is 0 Å². The standard InChI is InChI=1S/C17H24O2S/c18-17(11-15-7-4-8-16(12-17)20-15)9-10-19-13-14-5-2-1-3-6-14/h1-3,5-6,15-16,18H,4,7-13H2. The Kier molecular flexibility index (Phi) is 4.69. The number of ether oxygens (including phenoxy) is 1. The van der Waals surface area contributed by atoms with Gasteiger partial charge in [0.2, 0.25) is 0 Å². The summed E-state index contributed by atoms with van der Waals surface area (Å²) in [7, 11) is 0. The van der Waals surface area contributed by atoms with Crippen LogP contribution in [0.3, 0.4) is 0 Å². The van der Waals surface area contributed by atoms with Gasteiger partial charge in [0.1, 0.15) is 0 Å². The summed E-state index contributed by atoms with van der Waals surface area (Å²) < 4.78 is 5.74. The Labute approximate surface area is 125 Å². The number of benzene rings is 1. The second-order valence-electron chi connectivity index (χ2n) is 6.23. The molecule has 0 radical (unpaired) electrons. The summed E-state index contributed by atoms with van der Waals surface area (Å²) in [6, 6.07) is 10.2. The average molecular weight is 292 g/mol. The van der Waals surface area contributed by atoms with E-state index < -0.39 is 5.60 Å². The van der Waals surface area contributed by atoms with E-state index in [2.05, 4.69) is 23.9 Å². The number of thioether (sulfide) groups is 1. The lowest BCUT2D eigenvalue weighted by Crippen LogP contribution is -2.43. The van der Waals surface area contributed by atoms with Crippen LogP contribution in [0.1, 0.15) is 44.1 Å². The molecule has 2 saturated heterocycles. The van der Waals surface area contributed by atoms with Gasteiger partial charge in [-0.05, 0) is 37.7 Å². The monoisotopic (exact) mass is 292 g/mol. The predicted octanol–water partition coefficient (Wildman–Crippen LogP) is 3.77. The van der Waals surface area contributed by atoms with Crippen LogP contribution < -0.4 is 0 Å². The first-order valence-electron chi connectivity index (χ1n) is 7.73. The number of aliphatic hydroxyl groups is 1. The lowest BCUT2D eigenvalue weighted by Gasteiger charge is -2.43. The molecule has 2 nitrogen and oxygen atoms in total. The molecule has 1 N–H and O–H groups in total. The van der Waals surface area contributed by atoms with Crippen molar-refractivity contribution in [2.75, 3.05) is 6.61 Å². The molecule has 3 rings (SSSR count). The molecule has 0 saturated carbocycles. The lowest BCUT2D eigenvalue weighted by molar-refractivity contribution is -0.0231. The van der Waals surface area contributed by atoms with Crippen LogP contribution in [-0.2, 0) is 11.3 Å². The Hall–Kier alpha value is -0.510. The SMILES string of the molecule is OC1(CCOCc2ccccc2)CC2CCCC(C1)S2. The molecule has 0 aromatic heterocycles. The topological polar surface area (TPSA) is 29.5 Å². The molecular weight excluding hydrogens is 268 g/mol. The largest absolute Gasteiger partial charge is 0.390 e. The molecule has 2 aliphatic rings.